The minimum absolute atomic E-state index is 0.932. The number of nitrogens with zero attached hydrogens (tertiary/aromatic N) is 4. The molecule has 0 saturated heterocycles. The summed E-state index contributed by atoms with van der Waals surface area (Å²) >= 11 is 0. The summed E-state index contributed by atoms with van der Waals surface area (Å²) in [6.07, 6.45) is 5.88. The maximum Gasteiger partial charge on any atom is 0.0702 e. The molecule has 0 unspecified atom stereocenters. The minimum Gasteiger partial charge on any atom is -0.317 e. The number of hydrogen-bond acceptors (Lipinski definition) is 2. The Labute approximate surface area is 254 Å². The molecule has 9 rings (SSSR count). The zero-order chi connectivity index (χ0) is 29.0. The van der Waals surface area contributed by atoms with E-state index < -0.39 is 0 Å². The largest absolute Gasteiger partial charge is 0.317 e. The van der Waals surface area contributed by atoms with E-state index in [9.17, 15) is 0 Å². The molecule has 0 radical (unpaired) electrons. The van der Waals surface area contributed by atoms with Gasteiger partial charge >= 0.3 is 0 Å². The maximum atomic E-state index is 4.71. The van der Waals surface area contributed by atoms with Crippen molar-refractivity contribution in [3.8, 4) is 33.9 Å². The second-order valence-corrected chi connectivity index (χ2v) is 11.1. The first kappa shape index (κ1) is 24.6. The van der Waals surface area contributed by atoms with Gasteiger partial charge in [0.15, 0.2) is 0 Å². The third-order valence-electron chi connectivity index (χ3n) is 8.63. The minimum atomic E-state index is 0.932. The quantitative estimate of drug-likeness (QED) is 0.214. The van der Waals surface area contributed by atoms with Gasteiger partial charge in [0.1, 0.15) is 0 Å². The average molecular weight is 563 g/mol. The fourth-order valence-corrected chi connectivity index (χ4v) is 6.68. The van der Waals surface area contributed by atoms with Crippen LogP contribution in [0.1, 0.15) is 0 Å². The smallest absolute Gasteiger partial charge is 0.0702 e. The standard InChI is InChI=1S/C40H26N4/c1-2-10-29(11-3-1)43-23-20-33-31-16-17-35-32-12-4-5-15-39(32)44(40(35)34(31)18-19-38(33)43)30-25-27(36-13-6-8-21-41-36)24-28(26-30)37-14-7-9-22-42-37/h1-26H. The first-order chi connectivity index (χ1) is 21.8. The summed E-state index contributed by atoms with van der Waals surface area (Å²) in [5.74, 6) is 0. The molecule has 4 aromatic heterocycles. The Morgan fingerprint density at radius 2 is 1.02 bits per heavy atom. The third-order valence-corrected chi connectivity index (χ3v) is 8.63. The molecule has 0 aliphatic rings. The first-order valence-electron chi connectivity index (χ1n) is 14.8. The molecule has 206 valence electrons. The Hall–Kier alpha value is -6.00. The Morgan fingerprint density at radius 1 is 0.409 bits per heavy atom. The lowest BCUT2D eigenvalue weighted by molar-refractivity contribution is 1.13. The number of hydrogen-bond donors (Lipinski definition) is 0. The van der Waals surface area contributed by atoms with Crippen molar-refractivity contribution in [1.82, 2.24) is 19.1 Å². The maximum absolute atomic E-state index is 4.71. The van der Waals surface area contributed by atoms with Crippen LogP contribution in [0.25, 0.3) is 77.4 Å². The van der Waals surface area contributed by atoms with E-state index in [1.54, 1.807) is 0 Å². The van der Waals surface area contributed by atoms with Gasteiger partial charge in [0.05, 0.1) is 27.9 Å². The number of fused-ring (bicyclic) bond motifs is 7. The summed E-state index contributed by atoms with van der Waals surface area (Å²) in [5.41, 5.74) is 9.77. The van der Waals surface area contributed by atoms with Gasteiger partial charge in [0, 0.05) is 62.6 Å². The topological polar surface area (TPSA) is 35.6 Å². The number of rotatable bonds is 4. The molecule has 0 aliphatic heterocycles. The van der Waals surface area contributed by atoms with Gasteiger partial charge in [-0.2, -0.15) is 0 Å². The average Bonchev–Trinajstić information content (AvgIpc) is 3.69. The van der Waals surface area contributed by atoms with E-state index in [0.717, 1.165) is 33.9 Å². The zero-order valence-electron chi connectivity index (χ0n) is 23.8. The van der Waals surface area contributed by atoms with E-state index in [0.29, 0.717) is 0 Å². The molecule has 4 heterocycles. The molecule has 0 bridgehead atoms. The van der Waals surface area contributed by atoms with Crippen LogP contribution in [0.4, 0.5) is 0 Å². The molecule has 0 saturated carbocycles. The van der Waals surface area contributed by atoms with Crippen molar-refractivity contribution in [3.05, 3.63) is 158 Å². The van der Waals surface area contributed by atoms with E-state index in [1.165, 1.54) is 43.5 Å². The molecule has 9 aromatic rings. The highest BCUT2D eigenvalue weighted by Crippen LogP contribution is 2.40. The van der Waals surface area contributed by atoms with Gasteiger partial charge in [0.2, 0.25) is 0 Å². The number of pyridine rings is 2. The van der Waals surface area contributed by atoms with Crippen LogP contribution in [0, 0.1) is 0 Å². The van der Waals surface area contributed by atoms with Crippen molar-refractivity contribution in [2.24, 2.45) is 0 Å². The van der Waals surface area contributed by atoms with Crippen molar-refractivity contribution in [2.45, 2.75) is 0 Å². The normalized spacial score (nSPS) is 11.6. The third kappa shape index (κ3) is 3.78. The summed E-state index contributed by atoms with van der Waals surface area (Å²) in [5, 5.41) is 6.16. The fourth-order valence-electron chi connectivity index (χ4n) is 6.68. The van der Waals surface area contributed by atoms with Crippen molar-refractivity contribution in [3.63, 3.8) is 0 Å². The summed E-state index contributed by atoms with van der Waals surface area (Å²) in [6, 6.07) is 49.4. The van der Waals surface area contributed by atoms with E-state index >= 15 is 0 Å². The summed E-state index contributed by atoms with van der Waals surface area (Å²) in [4.78, 5) is 9.42. The number of aromatic nitrogens is 4. The first-order valence-corrected chi connectivity index (χ1v) is 14.8. The molecule has 5 aromatic carbocycles. The molecular formula is C40H26N4. The van der Waals surface area contributed by atoms with Crippen molar-refractivity contribution < 1.29 is 0 Å². The lowest BCUT2D eigenvalue weighted by atomic mass is 10.0. The van der Waals surface area contributed by atoms with Crippen molar-refractivity contribution >= 4 is 43.5 Å². The molecule has 0 aliphatic carbocycles. The summed E-state index contributed by atoms with van der Waals surface area (Å²) in [6.45, 7) is 0. The van der Waals surface area contributed by atoms with Crippen LogP contribution in [0.3, 0.4) is 0 Å². The van der Waals surface area contributed by atoms with E-state index in [4.69, 9.17) is 9.97 Å². The summed E-state index contributed by atoms with van der Waals surface area (Å²) < 4.78 is 4.69. The SMILES string of the molecule is c1ccc(-n2ccc3c4ccc5c6ccccc6n(-c6cc(-c7ccccn7)cc(-c7ccccn7)c6)c5c4ccc32)cc1. The monoisotopic (exact) mass is 562 g/mol. The van der Waals surface area contributed by atoms with Crippen LogP contribution in [0.15, 0.2) is 158 Å². The Bertz CT molecular complexity index is 2420. The molecule has 4 heteroatoms. The number of para-hydroxylation sites is 2. The van der Waals surface area contributed by atoms with Crippen LogP contribution in [0.5, 0.6) is 0 Å². The van der Waals surface area contributed by atoms with Gasteiger partial charge in [-0.25, -0.2) is 0 Å². The molecule has 0 fully saturated rings. The molecule has 0 amide bonds. The Morgan fingerprint density at radius 3 is 1.75 bits per heavy atom. The highest BCUT2D eigenvalue weighted by Gasteiger charge is 2.18. The van der Waals surface area contributed by atoms with Gasteiger partial charge < -0.3 is 9.13 Å². The van der Waals surface area contributed by atoms with E-state index in [2.05, 4.69) is 131 Å². The lowest BCUT2D eigenvalue weighted by Gasteiger charge is -2.14. The fraction of sp³-hybridized carbons (Fsp3) is 0. The van der Waals surface area contributed by atoms with Gasteiger partial charge in [-0.05, 0) is 78.2 Å². The highest BCUT2D eigenvalue weighted by molar-refractivity contribution is 6.23. The second-order valence-electron chi connectivity index (χ2n) is 11.1. The second kappa shape index (κ2) is 9.79. The van der Waals surface area contributed by atoms with Crippen LogP contribution in [0.2, 0.25) is 0 Å². The zero-order valence-corrected chi connectivity index (χ0v) is 23.8. The lowest BCUT2D eigenvalue weighted by Crippen LogP contribution is -1.97. The molecule has 0 N–H and O–H groups in total. The van der Waals surface area contributed by atoms with E-state index in [1.807, 2.05) is 36.7 Å². The molecule has 4 nitrogen and oxygen atoms in total. The van der Waals surface area contributed by atoms with Crippen LogP contribution < -0.4 is 0 Å². The predicted octanol–water partition coefficient (Wildman–Crippen LogP) is 10.0. The van der Waals surface area contributed by atoms with Crippen molar-refractivity contribution in [2.75, 3.05) is 0 Å². The molecule has 44 heavy (non-hydrogen) atoms. The highest BCUT2D eigenvalue weighted by atomic mass is 15.0. The van der Waals surface area contributed by atoms with Gasteiger partial charge in [-0.1, -0.05) is 66.7 Å². The van der Waals surface area contributed by atoms with Crippen LogP contribution in [-0.4, -0.2) is 19.1 Å². The van der Waals surface area contributed by atoms with Crippen LogP contribution >= 0.6 is 0 Å². The van der Waals surface area contributed by atoms with Crippen molar-refractivity contribution in [1.29, 1.82) is 0 Å². The number of benzene rings is 5. The Kier molecular flexibility index (Phi) is 5.47. The summed E-state index contributed by atoms with van der Waals surface area (Å²) in [7, 11) is 0. The molecule has 0 atom stereocenters. The van der Waals surface area contributed by atoms with E-state index in [-0.39, 0.29) is 0 Å². The van der Waals surface area contributed by atoms with Gasteiger partial charge in [-0.15, -0.1) is 0 Å². The van der Waals surface area contributed by atoms with Gasteiger partial charge in [0.25, 0.3) is 0 Å². The predicted molar refractivity (Wildman–Crippen MR) is 182 cm³/mol. The molecule has 0 spiro atoms. The Balaban J connectivity index is 1.37. The molecular weight excluding hydrogens is 536 g/mol. The van der Waals surface area contributed by atoms with Gasteiger partial charge in [-0.3, -0.25) is 9.97 Å². The van der Waals surface area contributed by atoms with Crippen LogP contribution in [-0.2, 0) is 0 Å².